The first-order valence-corrected chi connectivity index (χ1v) is 5.44. The molecule has 1 aliphatic rings. The standard InChI is InChI=1S/C12H17NO3.ClH/c1-15-8-6-10(14)12(11(7-8)16-2)9-4-3-5-13-9;/h6-7,9,13-14H,3-5H2,1-2H3;1H/t9-;/m0./s1. The van der Waals surface area contributed by atoms with Crippen molar-refractivity contribution in [1.29, 1.82) is 0 Å². The molecule has 1 aromatic rings. The van der Waals surface area contributed by atoms with Gasteiger partial charge in [0.15, 0.2) is 0 Å². The summed E-state index contributed by atoms with van der Waals surface area (Å²) < 4.78 is 10.4. The molecule has 1 aromatic carbocycles. The molecule has 96 valence electrons. The molecule has 2 rings (SSSR count). The summed E-state index contributed by atoms with van der Waals surface area (Å²) in [7, 11) is 3.17. The number of phenolic OH excluding ortho intramolecular Hbond substituents is 1. The van der Waals surface area contributed by atoms with Crippen molar-refractivity contribution in [2.45, 2.75) is 18.9 Å². The van der Waals surface area contributed by atoms with Gasteiger partial charge in [-0.15, -0.1) is 12.4 Å². The summed E-state index contributed by atoms with van der Waals surface area (Å²) >= 11 is 0. The third kappa shape index (κ3) is 2.76. The molecule has 0 unspecified atom stereocenters. The van der Waals surface area contributed by atoms with Gasteiger partial charge in [0, 0.05) is 18.2 Å². The Hall–Kier alpha value is -1.13. The van der Waals surface area contributed by atoms with E-state index in [-0.39, 0.29) is 24.2 Å². The van der Waals surface area contributed by atoms with Gasteiger partial charge in [-0.3, -0.25) is 0 Å². The van der Waals surface area contributed by atoms with Gasteiger partial charge >= 0.3 is 0 Å². The number of aromatic hydroxyl groups is 1. The van der Waals surface area contributed by atoms with Gasteiger partial charge in [0.25, 0.3) is 0 Å². The number of hydrogen-bond acceptors (Lipinski definition) is 4. The van der Waals surface area contributed by atoms with Crippen LogP contribution in [0.15, 0.2) is 12.1 Å². The lowest BCUT2D eigenvalue weighted by Crippen LogP contribution is -2.14. The summed E-state index contributed by atoms with van der Waals surface area (Å²) in [4.78, 5) is 0. The normalized spacial score (nSPS) is 18.6. The quantitative estimate of drug-likeness (QED) is 0.874. The SMILES string of the molecule is COc1cc(O)c([C@@H]2CCCN2)c(OC)c1.Cl. The van der Waals surface area contributed by atoms with E-state index < -0.39 is 0 Å². The van der Waals surface area contributed by atoms with Crippen molar-refractivity contribution in [3.63, 3.8) is 0 Å². The fourth-order valence-corrected chi connectivity index (χ4v) is 2.16. The van der Waals surface area contributed by atoms with Crippen LogP contribution in [-0.4, -0.2) is 25.9 Å². The fraction of sp³-hybridized carbons (Fsp3) is 0.500. The van der Waals surface area contributed by atoms with Crippen molar-refractivity contribution in [2.24, 2.45) is 0 Å². The van der Waals surface area contributed by atoms with Crippen molar-refractivity contribution < 1.29 is 14.6 Å². The van der Waals surface area contributed by atoms with Crippen LogP contribution in [0.4, 0.5) is 0 Å². The van der Waals surface area contributed by atoms with Gasteiger partial charge in [-0.2, -0.15) is 0 Å². The van der Waals surface area contributed by atoms with Gasteiger partial charge in [0.05, 0.1) is 19.8 Å². The molecule has 4 nitrogen and oxygen atoms in total. The molecule has 0 aromatic heterocycles. The zero-order valence-corrected chi connectivity index (χ0v) is 10.8. The molecule has 0 amide bonds. The molecule has 1 saturated heterocycles. The summed E-state index contributed by atoms with van der Waals surface area (Å²) in [5, 5.41) is 13.3. The minimum absolute atomic E-state index is 0. The Kier molecular flexibility index (Phi) is 4.90. The maximum atomic E-state index is 9.99. The Labute approximate surface area is 107 Å². The van der Waals surface area contributed by atoms with Crippen molar-refractivity contribution in [1.82, 2.24) is 5.32 Å². The van der Waals surface area contributed by atoms with Crippen LogP contribution in [0.5, 0.6) is 17.2 Å². The van der Waals surface area contributed by atoms with Crippen LogP contribution in [0.2, 0.25) is 0 Å². The molecule has 17 heavy (non-hydrogen) atoms. The Morgan fingerprint density at radius 1 is 1.29 bits per heavy atom. The number of hydrogen-bond donors (Lipinski definition) is 2. The zero-order chi connectivity index (χ0) is 11.5. The third-order valence-electron chi connectivity index (χ3n) is 2.96. The van der Waals surface area contributed by atoms with Crippen molar-refractivity contribution in [3.8, 4) is 17.2 Å². The van der Waals surface area contributed by atoms with Crippen molar-refractivity contribution >= 4 is 12.4 Å². The van der Waals surface area contributed by atoms with Crippen molar-refractivity contribution in [3.05, 3.63) is 17.7 Å². The molecule has 0 radical (unpaired) electrons. The van der Waals surface area contributed by atoms with Gasteiger partial charge < -0.3 is 19.9 Å². The number of rotatable bonds is 3. The van der Waals surface area contributed by atoms with E-state index in [1.165, 1.54) is 0 Å². The van der Waals surface area contributed by atoms with E-state index in [9.17, 15) is 5.11 Å². The van der Waals surface area contributed by atoms with E-state index in [2.05, 4.69) is 5.32 Å². The van der Waals surface area contributed by atoms with Crippen LogP contribution in [-0.2, 0) is 0 Å². The smallest absolute Gasteiger partial charge is 0.131 e. The highest BCUT2D eigenvalue weighted by atomic mass is 35.5. The fourth-order valence-electron chi connectivity index (χ4n) is 2.16. The van der Waals surface area contributed by atoms with Gasteiger partial charge in [-0.1, -0.05) is 0 Å². The first-order valence-electron chi connectivity index (χ1n) is 5.44. The Morgan fingerprint density at radius 3 is 2.59 bits per heavy atom. The van der Waals surface area contributed by atoms with E-state index in [1.54, 1.807) is 26.4 Å². The third-order valence-corrected chi connectivity index (χ3v) is 2.96. The van der Waals surface area contributed by atoms with Gasteiger partial charge in [0.1, 0.15) is 17.2 Å². The Morgan fingerprint density at radius 2 is 2.06 bits per heavy atom. The van der Waals surface area contributed by atoms with E-state index in [4.69, 9.17) is 9.47 Å². The van der Waals surface area contributed by atoms with Crippen LogP contribution in [0.3, 0.4) is 0 Å². The summed E-state index contributed by atoms with van der Waals surface area (Å²) in [5.41, 5.74) is 0.834. The van der Waals surface area contributed by atoms with E-state index >= 15 is 0 Å². The monoisotopic (exact) mass is 259 g/mol. The van der Waals surface area contributed by atoms with Crippen LogP contribution >= 0.6 is 12.4 Å². The predicted molar refractivity (Wildman–Crippen MR) is 68.4 cm³/mol. The second kappa shape index (κ2) is 5.98. The topological polar surface area (TPSA) is 50.7 Å². The lowest BCUT2D eigenvalue weighted by Gasteiger charge is -2.17. The van der Waals surface area contributed by atoms with Crippen LogP contribution in [0.1, 0.15) is 24.4 Å². The van der Waals surface area contributed by atoms with E-state index in [0.717, 1.165) is 24.9 Å². The molecule has 1 fully saturated rings. The summed E-state index contributed by atoms with van der Waals surface area (Å²) in [6.45, 7) is 0.985. The summed E-state index contributed by atoms with van der Waals surface area (Å²) in [6, 6.07) is 3.60. The average Bonchev–Trinajstić information content (AvgIpc) is 2.81. The lowest BCUT2D eigenvalue weighted by atomic mass is 10.0. The lowest BCUT2D eigenvalue weighted by molar-refractivity contribution is 0.372. The second-order valence-electron chi connectivity index (χ2n) is 3.91. The highest BCUT2D eigenvalue weighted by molar-refractivity contribution is 5.85. The second-order valence-corrected chi connectivity index (χ2v) is 3.91. The number of phenols is 1. The molecule has 0 saturated carbocycles. The highest BCUT2D eigenvalue weighted by Gasteiger charge is 2.24. The van der Waals surface area contributed by atoms with Gasteiger partial charge in [-0.25, -0.2) is 0 Å². The van der Waals surface area contributed by atoms with Crippen LogP contribution < -0.4 is 14.8 Å². The van der Waals surface area contributed by atoms with E-state index in [1.807, 2.05) is 0 Å². The molecule has 0 bridgehead atoms. The summed E-state index contributed by atoms with van der Waals surface area (Å²) in [5.74, 6) is 1.52. The Balaban J connectivity index is 0.00000144. The molecular weight excluding hydrogens is 242 g/mol. The molecular formula is C12H18ClNO3. The zero-order valence-electron chi connectivity index (χ0n) is 10.0. The molecule has 1 aliphatic heterocycles. The minimum Gasteiger partial charge on any atom is -0.507 e. The predicted octanol–water partition coefficient (Wildman–Crippen LogP) is 2.26. The number of benzene rings is 1. The molecule has 2 N–H and O–H groups in total. The van der Waals surface area contributed by atoms with Crippen molar-refractivity contribution in [2.75, 3.05) is 20.8 Å². The number of halogens is 1. The van der Waals surface area contributed by atoms with Gasteiger partial charge in [-0.05, 0) is 19.4 Å². The Bertz CT molecular complexity index is 378. The first kappa shape index (κ1) is 13.9. The molecule has 5 heteroatoms. The molecule has 0 aliphatic carbocycles. The van der Waals surface area contributed by atoms with Gasteiger partial charge in [0.2, 0.25) is 0 Å². The maximum Gasteiger partial charge on any atom is 0.131 e. The first-order chi connectivity index (χ1) is 7.76. The number of ether oxygens (including phenoxy) is 2. The molecule has 1 atom stereocenters. The minimum atomic E-state index is 0. The van der Waals surface area contributed by atoms with E-state index in [0.29, 0.717) is 11.5 Å². The molecule has 0 spiro atoms. The number of nitrogens with one attached hydrogen (secondary N) is 1. The summed E-state index contributed by atoms with van der Waals surface area (Å²) in [6.07, 6.45) is 2.15. The largest absolute Gasteiger partial charge is 0.507 e. The van der Waals surface area contributed by atoms with Crippen LogP contribution in [0, 0.1) is 0 Å². The average molecular weight is 260 g/mol. The van der Waals surface area contributed by atoms with Crippen LogP contribution in [0.25, 0.3) is 0 Å². The molecule has 1 heterocycles. The highest BCUT2D eigenvalue weighted by Crippen LogP contribution is 2.40. The maximum absolute atomic E-state index is 9.99. The number of methoxy groups -OCH3 is 2.